The third kappa shape index (κ3) is 4.05. The fraction of sp³-hybridized carbons (Fsp3) is 0.136. The lowest BCUT2D eigenvalue weighted by atomic mass is 10.2. The molecule has 0 saturated carbocycles. The van der Waals surface area contributed by atoms with Gasteiger partial charge >= 0.3 is 5.97 Å². The summed E-state index contributed by atoms with van der Waals surface area (Å²) in [5.41, 5.74) is 2.14. The number of carbonyl (C=O) groups is 1. The highest BCUT2D eigenvalue weighted by molar-refractivity contribution is 7.20. The van der Waals surface area contributed by atoms with E-state index in [9.17, 15) is 9.59 Å². The van der Waals surface area contributed by atoms with Gasteiger partial charge in [0.2, 0.25) is 0 Å². The van der Waals surface area contributed by atoms with E-state index in [2.05, 4.69) is 9.97 Å². The predicted molar refractivity (Wildman–Crippen MR) is 111 cm³/mol. The Morgan fingerprint density at radius 2 is 1.83 bits per heavy atom. The van der Waals surface area contributed by atoms with Gasteiger partial charge in [-0.2, -0.15) is 0 Å². The highest BCUT2D eigenvalue weighted by Crippen LogP contribution is 2.28. The lowest BCUT2D eigenvalue weighted by Gasteiger charge is -2.12. The highest BCUT2D eigenvalue weighted by Gasteiger charge is 2.20. The number of rotatable bonds is 6. The predicted octanol–water partition coefficient (Wildman–Crippen LogP) is 4.23. The minimum atomic E-state index is -0.484. The van der Waals surface area contributed by atoms with Gasteiger partial charge in [0.05, 0.1) is 11.7 Å². The lowest BCUT2D eigenvalue weighted by Crippen LogP contribution is -2.08. The summed E-state index contributed by atoms with van der Waals surface area (Å²) in [4.78, 5) is 32.2. The molecule has 0 aliphatic rings. The van der Waals surface area contributed by atoms with Crippen LogP contribution < -0.4 is 10.3 Å². The molecule has 0 aliphatic heterocycles. The van der Waals surface area contributed by atoms with Gasteiger partial charge in [-0.1, -0.05) is 48.5 Å². The summed E-state index contributed by atoms with van der Waals surface area (Å²) in [5, 5.41) is 0.427. The number of nitrogens with zero attached hydrogens (tertiary/aromatic N) is 1. The summed E-state index contributed by atoms with van der Waals surface area (Å²) in [7, 11) is 0. The van der Waals surface area contributed by atoms with Crippen LogP contribution in [-0.2, 0) is 18.0 Å². The molecule has 1 N–H and O–H groups in total. The van der Waals surface area contributed by atoms with Crippen molar-refractivity contribution in [2.24, 2.45) is 0 Å². The maximum Gasteiger partial charge on any atom is 0.349 e. The maximum atomic E-state index is 12.6. The van der Waals surface area contributed by atoms with Gasteiger partial charge in [0.25, 0.3) is 5.56 Å². The third-order valence-electron chi connectivity index (χ3n) is 4.49. The Balaban J connectivity index is 1.48. The molecular weight excluding hydrogens is 388 g/mol. The van der Waals surface area contributed by atoms with E-state index in [0.717, 1.165) is 22.5 Å². The van der Waals surface area contributed by atoms with Crippen LogP contribution in [0.3, 0.4) is 0 Å². The molecule has 0 saturated heterocycles. The summed E-state index contributed by atoms with van der Waals surface area (Å²) in [5.74, 6) is 0.179. The summed E-state index contributed by atoms with van der Waals surface area (Å²) < 4.78 is 11.4. The van der Waals surface area contributed by atoms with Gasteiger partial charge < -0.3 is 14.5 Å². The molecule has 0 bridgehead atoms. The van der Waals surface area contributed by atoms with Gasteiger partial charge in [0, 0.05) is 5.56 Å². The molecule has 2 aromatic carbocycles. The standard InChI is InChI=1S/C22H18N2O4S/c1-14-18-20(25)23-13-24-21(18)29-19(14)22(26)28-12-16-9-5-6-10-17(16)27-11-15-7-3-2-4-8-15/h2-10,13H,11-12H2,1H3,(H,23,24,25). The zero-order valence-corrected chi connectivity index (χ0v) is 16.5. The van der Waals surface area contributed by atoms with Crippen LogP contribution in [0.1, 0.15) is 26.4 Å². The molecule has 146 valence electrons. The van der Waals surface area contributed by atoms with Crippen molar-refractivity contribution in [1.29, 1.82) is 0 Å². The fourth-order valence-electron chi connectivity index (χ4n) is 2.98. The van der Waals surface area contributed by atoms with E-state index in [4.69, 9.17) is 9.47 Å². The zero-order chi connectivity index (χ0) is 20.2. The van der Waals surface area contributed by atoms with Gasteiger partial charge in [-0.3, -0.25) is 4.79 Å². The minimum Gasteiger partial charge on any atom is -0.488 e. The Bertz CT molecular complexity index is 1210. The second kappa shape index (κ2) is 8.28. The van der Waals surface area contributed by atoms with Crippen molar-refractivity contribution in [3.63, 3.8) is 0 Å². The number of H-pyrrole nitrogens is 1. The quantitative estimate of drug-likeness (QED) is 0.485. The van der Waals surface area contributed by atoms with Crippen LogP contribution >= 0.6 is 11.3 Å². The fourth-order valence-corrected chi connectivity index (χ4v) is 4.03. The number of para-hydroxylation sites is 1. The molecule has 29 heavy (non-hydrogen) atoms. The molecule has 0 aliphatic carbocycles. The molecule has 4 rings (SSSR count). The molecule has 0 radical (unpaired) electrons. The molecular formula is C22H18N2O4S. The molecule has 0 fully saturated rings. The van der Waals surface area contributed by atoms with Gasteiger partial charge in [0.15, 0.2) is 0 Å². The van der Waals surface area contributed by atoms with Crippen molar-refractivity contribution in [3.8, 4) is 5.75 Å². The number of aromatic amines is 1. The number of fused-ring (bicyclic) bond motifs is 1. The molecule has 0 atom stereocenters. The SMILES string of the molecule is Cc1c(C(=O)OCc2ccccc2OCc2ccccc2)sc2nc[nH]c(=O)c12. The Hall–Kier alpha value is -3.45. The number of hydrogen-bond acceptors (Lipinski definition) is 6. The lowest BCUT2D eigenvalue weighted by molar-refractivity contribution is 0.0474. The van der Waals surface area contributed by atoms with Crippen molar-refractivity contribution in [3.05, 3.63) is 92.8 Å². The Kier molecular flexibility index (Phi) is 5.39. The zero-order valence-electron chi connectivity index (χ0n) is 15.7. The van der Waals surface area contributed by atoms with Crippen molar-refractivity contribution < 1.29 is 14.3 Å². The van der Waals surface area contributed by atoms with Gasteiger partial charge in [0.1, 0.15) is 28.7 Å². The van der Waals surface area contributed by atoms with E-state index in [1.165, 1.54) is 6.33 Å². The topological polar surface area (TPSA) is 81.3 Å². The monoisotopic (exact) mass is 406 g/mol. The maximum absolute atomic E-state index is 12.6. The molecule has 6 nitrogen and oxygen atoms in total. The number of hydrogen-bond donors (Lipinski definition) is 1. The van der Waals surface area contributed by atoms with Crippen molar-refractivity contribution in [1.82, 2.24) is 9.97 Å². The average molecular weight is 406 g/mol. The number of carbonyl (C=O) groups excluding carboxylic acids is 1. The summed E-state index contributed by atoms with van der Waals surface area (Å²) in [6.07, 6.45) is 1.33. The number of nitrogens with one attached hydrogen (secondary N) is 1. The number of thiophene rings is 1. The molecule has 4 aromatic rings. The van der Waals surface area contributed by atoms with Crippen LogP contribution in [0.4, 0.5) is 0 Å². The van der Waals surface area contributed by atoms with Crippen LogP contribution in [0.5, 0.6) is 5.75 Å². The Morgan fingerprint density at radius 3 is 2.62 bits per heavy atom. The summed E-state index contributed by atoms with van der Waals surface area (Å²) in [6.45, 7) is 2.22. The number of esters is 1. The first kappa shape index (κ1) is 18.9. The normalized spacial score (nSPS) is 10.8. The van der Waals surface area contributed by atoms with Crippen LogP contribution in [0.2, 0.25) is 0 Å². The summed E-state index contributed by atoms with van der Waals surface area (Å²) >= 11 is 1.16. The van der Waals surface area contributed by atoms with Crippen LogP contribution in [-0.4, -0.2) is 15.9 Å². The van der Waals surface area contributed by atoms with Crippen molar-refractivity contribution >= 4 is 27.5 Å². The minimum absolute atomic E-state index is 0.0707. The van der Waals surface area contributed by atoms with E-state index in [-0.39, 0.29) is 12.2 Å². The smallest absolute Gasteiger partial charge is 0.349 e. The highest BCUT2D eigenvalue weighted by atomic mass is 32.1. The molecule has 0 amide bonds. The largest absolute Gasteiger partial charge is 0.488 e. The average Bonchev–Trinajstić information content (AvgIpc) is 3.09. The molecule has 0 spiro atoms. The van der Waals surface area contributed by atoms with Gasteiger partial charge in [-0.15, -0.1) is 11.3 Å². The number of aromatic nitrogens is 2. The third-order valence-corrected chi connectivity index (χ3v) is 5.67. The first-order valence-electron chi connectivity index (χ1n) is 9.02. The number of benzene rings is 2. The number of aryl methyl sites for hydroxylation is 1. The van der Waals surface area contributed by atoms with Gasteiger partial charge in [-0.05, 0) is 24.1 Å². The van der Waals surface area contributed by atoms with Gasteiger partial charge in [-0.25, -0.2) is 9.78 Å². The molecule has 7 heteroatoms. The second-order valence-corrected chi connectivity index (χ2v) is 7.43. The molecule has 2 heterocycles. The van der Waals surface area contributed by atoms with Crippen LogP contribution in [0.15, 0.2) is 65.7 Å². The first-order chi connectivity index (χ1) is 14.1. The van der Waals surface area contributed by atoms with Crippen molar-refractivity contribution in [2.45, 2.75) is 20.1 Å². The van der Waals surface area contributed by atoms with Crippen LogP contribution in [0, 0.1) is 6.92 Å². The Labute approximate surface area is 170 Å². The second-order valence-electron chi connectivity index (χ2n) is 6.43. The van der Waals surface area contributed by atoms with E-state index < -0.39 is 5.97 Å². The Morgan fingerprint density at radius 1 is 1.07 bits per heavy atom. The summed E-state index contributed by atoms with van der Waals surface area (Å²) in [6, 6.07) is 17.3. The van der Waals surface area contributed by atoms with E-state index >= 15 is 0 Å². The number of ether oxygens (including phenoxy) is 2. The van der Waals surface area contributed by atoms with Crippen molar-refractivity contribution in [2.75, 3.05) is 0 Å². The first-order valence-corrected chi connectivity index (χ1v) is 9.83. The van der Waals surface area contributed by atoms with E-state index in [0.29, 0.717) is 33.0 Å². The van der Waals surface area contributed by atoms with E-state index in [1.807, 2.05) is 54.6 Å². The van der Waals surface area contributed by atoms with E-state index in [1.54, 1.807) is 6.92 Å². The molecule has 0 unspecified atom stereocenters. The molecule has 2 aromatic heterocycles. The van der Waals surface area contributed by atoms with Crippen LogP contribution in [0.25, 0.3) is 10.2 Å².